The molecule has 1 atom stereocenters. The number of esters is 1. The van der Waals surface area contributed by atoms with Gasteiger partial charge in [0, 0.05) is 18.0 Å². The van der Waals surface area contributed by atoms with E-state index in [9.17, 15) is 14.4 Å². The van der Waals surface area contributed by atoms with E-state index in [4.69, 9.17) is 14.2 Å². The third-order valence-electron chi connectivity index (χ3n) is 4.37. The molecule has 3 amide bonds. The number of carbonyl (C=O) groups is 3. The molecule has 8 nitrogen and oxygen atoms in total. The molecule has 0 aliphatic carbocycles. The topological polar surface area (TPSA) is 103 Å². The lowest BCUT2D eigenvalue weighted by Gasteiger charge is -2.11. The molecule has 9 heteroatoms. The van der Waals surface area contributed by atoms with Crippen molar-refractivity contribution in [1.82, 2.24) is 10.6 Å². The standard InChI is InChI=1S/C21H24N2O6S/c24-19(23-21(26)22-10-9-18-4-2-12-30-18)14-29-20(25)15-5-7-16(8-6-15)28-13-17-3-1-11-27-17/h2,4-8,12,17H,1,3,9-11,13-14H2,(H2,22,23,24,26). The molecule has 160 valence electrons. The van der Waals surface area contributed by atoms with E-state index in [1.807, 2.05) is 17.5 Å². The molecule has 3 rings (SSSR count). The van der Waals surface area contributed by atoms with Gasteiger partial charge in [-0.3, -0.25) is 10.1 Å². The average Bonchev–Trinajstić information content (AvgIpc) is 3.45. The van der Waals surface area contributed by atoms with Crippen LogP contribution in [0.3, 0.4) is 0 Å². The number of hydrogen-bond donors (Lipinski definition) is 2. The van der Waals surface area contributed by atoms with E-state index in [1.165, 1.54) is 0 Å². The smallest absolute Gasteiger partial charge is 0.338 e. The Kier molecular flexibility index (Phi) is 8.22. The lowest BCUT2D eigenvalue weighted by atomic mass is 10.2. The van der Waals surface area contributed by atoms with Crippen molar-refractivity contribution in [3.63, 3.8) is 0 Å². The SMILES string of the molecule is O=C(COC(=O)c1ccc(OCC2CCCO2)cc1)NC(=O)NCCc1cccs1. The minimum Gasteiger partial charge on any atom is -0.491 e. The summed E-state index contributed by atoms with van der Waals surface area (Å²) in [6, 6.07) is 9.71. The van der Waals surface area contributed by atoms with Gasteiger partial charge in [0.15, 0.2) is 6.61 Å². The maximum Gasteiger partial charge on any atom is 0.338 e. The van der Waals surface area contributed by atoms with Gasteiger partial charge in [-0.2, -0.15) is 0 Å². The van der Waals surface area contributed by atoms with Gasteiger partial charge in [-0.25, -0.2) is 9.59 Å². The number of hydrogen-bond acceptors (Lipinski definition) is 7. The molecule has 1 fully saturated rings. The van der Waals surface area contributed by atoms with Crippen LogP contribution in [-0.4, -0.2) is 50.4 Å². The molecular weight excluding hydrogens is 408 g/mol. The molecule has 1 aliphatic rings. The highest BCUT2D eigenvalue weighted by Gasteiger charge is 2.16. The molecule has 30 heavy (non-hydrogen) atoms. The summed E-state index contributed by atoms with van der Waals surface area (Å²) < 4.78 is 16.1. The molecule has 0 bridgehead atoms. The van der Waals surface area contributed by atoms with E-state index >= 15 is 0 Å². The zero-order chi connectivity index (χ0) is 21.2. The maximum atomic E-state index is 12.1. The zero-order valence-electron chi connectivity index (χ0n) is 16.4. The number of urea groups is 1. The van der Waals surface area contributed by atoms with Crippen molar-refractivity contribution in [1.29, 1.82) is 0 Å². The van der Waals surface area contributed by atoms with Crippen LogP contribution in [0, 0.1) is 0 Å². The van der Waals surface area contributed by atoms with E-state index in [-0.39, 0.29) is 11.7 Å². The van der Waals surface area contributed by atoms with Crippen LogP contribution in [0.2, 0.25) is 0 Å². The molecule has 1 unspecified atom stereocenters. The van der Waals surface area contributed by atoms with Crippen LogP contribution < -0.4 is 15.4 Å². The largest absolute Gasteiger partial charge is 0.491 e. The number of amides is 3. The Balaban J connectivity index is 1.32. The van der Waals surface area contributed by atoms with E-state index in [2.05, 4.69) is 10.6 Å². The van der Waals surface area contributed by atoms with Crippen LogP contribution in [0.25, 0.3) is 0 Å². The van der Waals surface area contributed by atoms with Crippen LogP contribution in [0.5, 0.6) is 5.75 Å². The minimum absolute atomic E-state index is 0.112. The Morgan fingerprint density at radius 3 is 2.70 bits per heavy atom. The fourth-order valence-corrected chi connectivity index (χ4v) is 3.54. The lowest BCUT2D eigenvalue weighted by Crippen LogP contribution is -2.42. The summed E-state index contributed by atoms with van der Waals surface area (Å²) in [6.07, 6.45) is 2.82. The van der Waals surface area contributed by atoms with Crippen molar-refractivity contribution in [3.8, 4) is 5.75 Å². The van der Waals surface area contributed by atoms with Crippen molar-refractivity contribution < 1.29 is 28.6 Å². The average molecular weight is 432 g/mol. The highest BCUT2D eigenvalue weighted by atomic mass is 32.1. The summed E-state index contributed by atoms with van der Waals surface area (Å²) in [6.45, 7) is 1.09. The molecule has 0 spiro atoms. The van der Waals surface area contributed by atoms with Gasteiger partial charge in [-0.1, -0.05) is 6.07 Å². The molecule has 1 saturated heterocycles. The summed E-state index contributed by atoms with van der Waals surface area (Å²) in [4.78, 5) is 36.6. The summed E-state index contributed by atoms with van der Waals surface area (Å²) in [5.74, 6) is -0.735. The van der Waals surface area contributed by atoms with Crippen LogP contribution >= 0.6 is 11.3 Å². The van der Waals surface area contributed by atoms with E-state index in [1.54, 1.807) is 35.6 Å². The maximum absolute atomic E-state index is 12.1. The second-order valence-corrected chi connectivity index (χ2v) is 7.71. The van der Waals surface area contributed by atoms with Gasteiger partial charge in [0.25, 0.3) is 5.91 Å². The van der Waals surface area contributed by atoms with Crippen LogP contribution in [0.1, 0.15) is 28.1 Å². The molecule has 2 heterocycles. The van der Waals surface area contributed by atoms with Gasteiger partial charge in [0.05, 0.1) is 11.7 Å². The van der Waals surface area contributed by atoms with Crippen LogP contribution in [0.4, 0.5) is 4.79 Å². The lowest BCUT2D eigenvalue weighted by molar-refractivity contribution is -0.123. The zero-order valence-corrected chi connectivity index (χ0v) is 17.2. The first-order chi connectivity index (χ1) is 14.6. The third kappa shape index (κ3) is 7.16. The summed E-state index contributed by atoms with van der Waals surface area (Å²) in [5, 5.41) is 6.66. The van der Waals surface area contributed by atoms with Gasteiger partial charge in [-0.05, 0) is 55.0 Å². The first-order valence-electron chi connectivity index (χ1n) is 9.72. The second-order valence-electron chi connectivity index (χ2n) is 6.68. The van der Waals surface area contributed by atoms with Gasteiger partial charge in [0.2, 0.25) is 0 Å². The predicted molar refractivity (Wildman–Crippen MR) is 111 cm³/mol. The van der Waals surface area contributed by atoms with Crippen LogP contribution in [0.15, 0.2) is 41.8 Å². The van der Waals surface area contributed by atoms with Gasteiger partial charge in [0.1, 0.15) is 12.4 Å². The fraction of sp³-hybridized carbons (Fsp3) is 0.381. The monoisotopic (exact) mass is 432 g/mol. The summed E-state index contributed by atoms with van der Waals surface area (Å²) >= 11 is 1.60. The molecule has 2 aromatic rings. The minimum atomic E-state index is -0.700. The fourth-order valence-electron chi connectivity index (χ4n) is 2.83. The Labute approximate surface area is 178 Å². The number of imide groups is 1. The Hall–Kier alpha value is -2.91. The quantitative estimate of drug-likeness (QED) is 0.591. The molecule has 0 radical (unpaired) electrons. The number of nitrogens with one attached hydrogen (secondary N) is 2. The summed E-state index contributed by atoms with van der Waals surface area (Å²) in [7, 11) is 0. The van der Waals surface area contributed by atoms with Crippen LogP contribution in [-0.2, 0) is 20.7 Å². The Bertz CT molecular complexity index is 832. The number of rotatable bonds is 9. The molecule has 1 aromatic heterocycles. The van der Waals surface area contributed by atoms with Gasteiger partial charge < -0.3 is 19.5 Å². The van der Waals surface area contributed by atoms with Gasteiger partial charge in [-0.15, -0.1) is 11.3 Å². The van der Waals surface area contributed by atoms with E-state index < -0.39 is 24.5 Å². The highest BCUT2D eigenvalue weighted by Crippen LogP contribution is 2.17. The molecular formula is C21H24N2O6S. The number of ether oxygens (including phenoxy) is 3. The number of thiophene rings is 1. The van der Waals surface area contributed by atoms with Crippen molar-refractivity contribution in [2.45, 2.75) is 25.4 Å². The first-order valence-corrected chi connectivity index (χ1v) is 10.6. The molecule has 1 aliphatic heterocycles. The van der Waals surface area contributed by atoms with Crippen molar-refractivity contribution in [2.24, 2.45) is 0 Å². The number of carbonyl (C=O) groups excluding carboxylic acids is 3. The normalized spacial score (nSPS) is 15.4. The van der Waals surface area contributed by atoms with Crippen molar-refractivity contribution in [3.05, 3.63) is 52.2 Å². The second kappa shape index (κ2) is 11.3. The third-order valence-corrected chi connectivity index (χ3v) is 5.31. The highest BCUT2D eigenvalue weighted by molar-refractivity contribution is 7.09. The Morgan fingerprint density at radius 2 is 2.00 bits per heavy atom. The molecule has 2 N–H and O–H groups in total. The van der Waals surface area contributed by atoms with Gasteiger partial charge >= 0.3 is 12.0 Å². The number of benzene rings is 1. The Morgan fingerprint density at radius 1 is 1.17 bits per heavy atom. The molecule has 0 saturated carbocycles. The first kappa shape index (κ1) is 21.8. The van der Waals surface area contributed by atoms with E-state index in [0.717, 1.165) is 24.3 Å². The molecule has 1 aromatic carbocycles. The van der Waals surface area contributed by atoms with Crippen molar-refractivity contribution in [2.75, 3.05) is 26.4 Å². The predicted octanol–water partition coefficient (Wildman–Crippen LogP) is 2.53. The van der Waals surface area contributed by atoms with Crippen molar-refractivity contribution >= 4 is 29.2 Å². The van der Waals surface area contributed by atoms with E-state index in [0.29, 0.717) is 25.3 Å². The summed E-state index contributed by atoms with van der Waals surface area (Å²) in [5.41, 5.74) is 0.285.